The Bertz CT molecular complexity index is 1690. The number of carbonyl (C=O) groups excluding carboxylic acids is 2. The Morgan fingerprint density at radius 1 is 0.548 bits per heavy atom. The zero-order chi connectivity index (χ0) is 29.1. The second kappa shape index (κ2) is 11.4. The van der Waals surface area contributed by atoms with Gasteiger partial charge in [0.2, 0.25) is 0 Å². The van der Waals surface area contributed by atoms with Gasteiger partial charge in [-0.2, -0.15) is 0 Å². The minimum Gasteiger partial charge on any atom is -0.465 e. The highest BCUT2D eigenvalue weighted by atomic mass is 16.5. The highest BCUT2D eigenvalue weighted by molar-refractivity contribution is 5.93. The summed E-state index contributed by atoms with van der Waals surface area (Å²) in [6, 6.07) is 22.6. The van der Waals surface area contributed by atoms with E-state index in [2.05, 4.69) is 20.0 Å². The summed E-state index contributed by atoms with van der Waals surface area (Å²) in [5, 5.41) is 0. The van der Waals surface area contributed by atoms with Crippen molar-refractivity contribution in [3.63, 3.8) is 0 Å². The number of methoxy groups -OCH3 is 2. The van der Waals surface area contributed by atoms with Crippen LogP contribution in [0, 0.1) is 0 Å². The van der Waals surface area contributed by atoms with Crippen molar-refractivity contribution in [1.82, 2.24) is 9.97 Å². The number of aromatic amines is 2. The lowest BCUT2D eigenvalue weighted by Gasteiger charge is -2.10. The molecule has 8 heteroatoms. The molecule has 0 amide bonds. The fourth-order valence-corrected chi connectivity index (χ4v) is 4.96. The predicted molar refractivity (Wildman–Crippen MR) is 163 cm³/mol. The summed E-state index contributed by atoms with van der Waals surface area (Å²) in [6.07, 6.45) is 11.2. The van der Waals surface area contributed by atoms with Crippen molar-refractivity contribution in [2.45, 2.75) is 0 Å². The van der Waals surface area contributed by atoms with Crippen molar-refractivity contribution in [3.05, 3.63) is 142 Å². The van der Waals surface area contributed by atoms with Crippen molar-refractivity contribution in [3.8, 4) is 11.4 Å². The fourth-order valence-electron chi connectivity index (χ4n) is 4.96. The van der Waals surface area contributed by atoms with E-state index in [1.807, 2.05) is 72.8 Å². The topological polar surface area (TPSA) is 109 Å². The van der Waals surface area contributed by atoms with Crippen LogP contribution in [-0.4, -0.2) is 48.6 Å². The van der Waals surface area contributed by atoms with E-state index in [0.717, 1.165) is 56.4 Å². The molecule has 0 atom stereocenters. The molecule has 4 aromatic rings. The van der Waals surface area contributed by atoms with Crippen LogP contribution in [0.25, 0.3) is 22.5 Å². The lowest BCUT2D eigenvalue weighted by atomic mass is 9.99. The number of rotatable bonds is 7. The summed E-state index contributed by atoms with van der Waals surface area (Å²) in [7, 11) is 2.73. The van der Waals surface area contributed by atoms with Crippen LogP contribution in [0.15, 0.2) is 118 Å². The largest absolute Gasteiger partial charge is 0.465 e. The third kappa shape index (κ3) is 5.09. The molecule has 0 radical (unpaired) electrons. The minimum atomic E-state index is -0.383. The van der Waals surface area contributed by atoms with Crippen LogP contribution in [0.4, 0.5) is 0 Å². The molecule has 2 aromatic heterocycles. The molecule has 8 nitrogen and oxygen atoms in total. The van der Waals surface area contributed by atoms with Crippen LogP contribution in [-0.2, 0) is 9.47 Å². The minimum absolute atomic E-state index is 0.383. The summed E-state index contributed by atoms with van der Waals surface area (Å²) < 4.78 is 9.69. The van der Waals surface area contributed by atoms with E-state index >= 15 is 0 Å². The normalized spacial score (nSPS) is 15.8. The number of aromatic nitrogens is 2. The molecule has 0 saturated heterocycles. The van der Waals surface area contributed by atoms with Crippen molar-refractivity contribution in [2.24, 2.45) is 9.98 Å². The van der Waals surface area contributed by atoms with Gasteiger partial charge in [0.1, 0.15) is 0 Å². The van der Waals surface area contributed by atoms with Crippen LogP contribution < -0.4 is 0 Å². The molecule has 4 heterocycles. The van der Waals surface area contributed by atoms with Gasteiger partial charge in [-0.3, -0.25) is 9.98 Å². The third-order valence-electron chi connectivity index (χ3n) is 7.01. The summed E-state index contributed by atoms with van der Waals surface area (Å²) in [6.45, 7) is 0. The number of allylic oxidation sites excluding steroid dienone is 4. The molecule has 2 aromatic carbocycles. The number of aliphatic imine (C=N–C) groups is 2. The monoisotopic (exact) mass is 554 g/mol. The number of carbonyl (C=O) groups is 2. The summed E-state index contributed by atoms with van der Waals surface area (Å²) in [5.74, 6) is -0.765. The Hall–Kier alpha value is -5.76. The van der Waals surface area contributed by atoms with Crippen LogP contribution >= 0.6 is 0 Å². The Morgan fingerprint density at radius 2 is 0.929 bits per heavy atom. The van der Waals surface area contributed by atoms with Gasteiger partial charge in [0.15, 0.2) is 0 Å². The van der Waals surface area contributed by atoms with Crippen LogP contribution in [0.2, 0.25) is 0 Å². The predicted octanol–water partition coefficient (Wildman–Crippen LogP) is 6.38. The van der Waals surface area contributed by atoms with E-state index in [-0.39, 0.29) is 11.9 Å². The van der Waals surface area contributed by atoms with E-state index in [1.54, 1.807) is 36.7 Å². The highest BCUT2D eigenvalue weighted by Crippen LogP contribution is 2.34. The molecule has 2 aliphatic heterocycles. The Morgan fingerprint density at radius 3 is 1.26 bits per heavy atom. The first kappa shape index (κ1) is 26.5. The van der Waals surface area contributed by atoms with Crippen molar-refractivity contribution in [1.29, 1.82) is 0 Å². The molecule has 0 spiro atoms. The van der Waals surface area contributed by atoms with Crippen LogP contribution in [0.3, 0.4) is 0 Å². The molecule has 0 aliphatic carbocycles. The zero-order valence-electron chi connectivity index (χ0n) is 22.9. The molecule has 0 bridgehead atoms. The molecule has 42 heavy (non-hydrogen) atoms. The van der Waals surface area contributed by atoms with E-state index in [9.17, 15) is 9.59 Å². The maximum Gasteiger partial charge on any atom is 0.337 e. The maximum absolute atomic E-state index is 11.9. The molecular weight excluding hydrogens is 528 g/mol. The van der Waals surface area contributed by atoms with Gasteiger partial charge in [-0.25, -0.2) is 9.59 Å². The number of hydrogen-bond acceptors (Lipinski definition) is 6. The average molecular weight is 555 g/mol. The first-order valence-electron chi connectivity index (χ1n) is 13.2. The van der Waals surface area contributed by atoms with Gasteiger partial charge in [0.25, 0.3) is 0 Å². The third-order valence-corrected chi connectivity index (χ3v) is 7.01. The van der Waals surface area contributed by atoms with Gasteiger partial charge < -0.3 is 19.4 Å². The molecule has 0 unspecified atom stereocenters. The van der Waals surface area contributed by atoms with Crippen LogP contribution in [0.1, 0.15) is 43.2 Å². The maximum atomic E-state index is 11.9. The molecule has 206 valence electrons. The number of benzene rings is 2. The van der Waals surface area contributed by atoms with Gasteiger partial charge in [-0.15, -0.1) is 0 Å². The Kier molecular flexibility index (Phi) is 7.17. The first-order valence-corrected chi connectivity index (χ1v) is 13.2. The van der Waals surface area contributed by atoms with Gasteiger partial charge in [0, 0.05) is 35.0 Å². The van der Waals surface area contributed by atoms with E-state index in [4.69, 9.17) is 9.47 Å². The van der Waals surface area contributed by atoms with Gasteiger partial charge >= 0.3 is 11.9 Å². The van der Waals surface area contributed by atoms with E-state index in [0.29, 0.717) is 11.1 Å². The number of H-pyrrole nitrogens is 2. The summed E-state index contributed by atoms with van der Waals surface area (Å²) in [5.41, 5.74) is 9.78. The molecular formula is C34H26N4O4. The fraction of sp³-hybridized carbons (Fsp3) is 0.0588. The average Bonchev–Trinajstić information content (AvgIpc) is 3.86. The summed E-state index contributed by atoms with van der Waals surface area (Å²) >= 11 is 0. The van der Waals surface area contributed by atoms with Gasteiger partial charge in [-0.1, -0.05) is 24.3 Å². The van der Waals surface area contributed by atoms with Gasteiger partial charge in [0.05, 0.1) is 48.1 Å². The number of hydrogen-bond donors (Lipinski definition) is 2. The standard InChI is InChI=1S/C34H26N4O4/c1-41-33(39)23-11-7-21(8-12-23)31(27-5-3-19-35-27)29-17-15-25(37-29)26-16-18-30(38-26)32(28-6-4-20-36-28)22-9-13-24(14-10-22)34(40)42-2/h3-20,37-38H,1-2H3/b31-27-,32-28-. The quantitative estimate of drug-likeness (QED) is 0.258. The first-order chi connectivity index (χ1) is 20.6. The Labute approximate surface area is 242 Å². The number of ether oxygens (including phenoxy) is 2. The molecule has 0 fully saturated rings. The molecule has 6 rings (SSSR count). The molecule has 0 saturated carbocycles. The second-order valence-corrected chi connectivity index (χ2v) is 9.50. The van der Waals surface area contributed by atoms with Crippen molar-refractivity contribution >= 4 is 35.5 Å². The number of nitrogens with one attached hydrogen (secondary N) is 2. The van der Waals surface area contributed by atoms with E-state index < -0.39 is 0 Å². The molecule has 2 N–H and O–H groups in total. The van der Waals surface area contributed by atoms with Crippen LogP contribution in [0.5, 0.6) is 0 Å². The molecule has 2 aliphatic rings. The lowest BCUT2D eigenvalue weighted by molar-refractivity contribution is 0.0592. The highest BCUT2D eigenvalue weighted by Gasteiger charge is 2.18. The number of esters is 2. The SMILES string of the molecule is COC(=O)c1ccc(/C(=C2\C=CC=N2)c2ccc(-c3ccc(/C(=C4/C=CC=N4)c4ccc(C(=O)OC)cc4)[nH]3)[nH]2)cc1. The van der Waals surface area contributed by atoms with Crippen molar-refractivity contribution in [2.75, 3.05) is 14.2 Å². The van der Waals surface area contributed by atoms with Crippen molar-refractivity contribution < 1.29 is 19.1 Å². The smallest absolute Gasteiger partial charge is 0.337 e. The van der Waals surface area contributed by atoms with E-state index in [1.165, 1.54) is 14.2 Å². The second-order valence-electron chi connectivity index (χ2n) is 9.50. The lowest BCUT2D eigenvalue weighted by Crippen LogP contribution is -2.01. The number of nitrogens with zero attached hydrogens (tertiary/aromatic N) is 2. The summed E-state index contributed by atoms with van der Waals surface area (Å²) in [4.78, 5) is 40.1. The zero-order valence-corrected chi connectivity index (χ0v) is 22.9. The Balaban J connectivity index is 1.35. The van der Waals surface area contributed by atoms with Gasteiger partial charge in [-0.05, 0) is 84.0 Å².